The van der Waals surface area contributed by atoms with Crippen molar-refractivity contribution in [1.29, 1.82) is 0 Å². The Kier molecular flexibility index (Phi) is 5.08. The molecule has 0 saturated carbocycles. The number of amides is 1. The van der Waals surface area contributed by atoms with Gasteiger partial charge >= 0.3 is 0 Å². The average Bonchev–Trinajstić information content (AvgIpc) is 2.47. The van der Waals surface area contributed by atoms with Gasteiger partial charge in [-0.1, -0.05) is 11.8 Å². The zero-order valence-corrected chi connectivity index (χ0v) is 13.6. The van der Waals surface area contributed by atoms with E-state index in [4.69, 9.17) is 5.73 Å². The van der Waals surface area contributed by atoms with E-state index >= 15 is 0 Å². The summed E-state index contributed by atoms with van der Waals surface area (Å²) in [5, 5.41) is 3.74. The maximum atomic E-state index is 11.6. The highest BCUT2D eigenvalue weighted by molar-refractivity contribution is 7.98. The van der Waals surface area contributed by atoms with E-state index < -0.39 is 5.91 Å². The van der Waals surface area contributed by atoms with Gasteiger partial charge in [-0.3, -0.25) is 4.79 Å². The normalized spacial score (nSPS) is 10.4. The molecule has 0 fully saturated rings. The van der Waals surface area contributed by atoms with E-state index in [2.05, 4.69) is 15.3 Å². The Balaban J connectivity index is 2.41. The van der Waals surface area contributed by atoms with Crippen LogP contribution < -0.4 is 11.1 Å². The first-order valence-electron chi connectivity index (χ1n) is 6.18. The fourth-order valence-electron chi connectivity index (χ4n) is 1.84. The minimum Gasteiger partial charge on any atom is -0.365 e. The zero-order valence-electron chi connectivity index (χ0n) is 12.0. The predicted octanol–water partition coefficient (Wildman–Crippen LogP) is 3.07. The Morgan fingerprint density at radius 2 is 1.81 bits per heavy atom. The minimum absolute atomic E-state index is 0.321. The van der Waals surface area contributed by atoms with E-state index in [0.29, 0.717) is 22.2 Å². The molecule has 0 spiro atoms. The summed E-state index contributed by atoms with van der Waals surface area (Å²) < 4.78 is 0. The number of aromatic nitrogens is 2. The summed E-state index contributed by atoms with van der Waals surface area (Å²) in [6, 6.07) is 7.88. The molecule has 3 N–H and O–H groups in total. The van der Waals surface area contributed by atoms with Crippen molar-refractivity contribution in [2.45, 2.75) is 17.0 Å². The van der Waals surface area contributed by atoms with Crippen LogP contribution in [-0.4, -0.2) is 28.4 Å². The molecule has 2 rings (SSSR count). The molecular weight excluding hydrogens is 304 g/mol. The van der Waals surface area contributed by atoms with Gasteiger partial charge in [0.15, 0.2) is 5.16 Å². The molecule has 1 heterocycles. The second kappa shape index (κ2) is 6.82. The minimum atomic E-state index is -0.539. The van der Waals surface area contributed by atoms with Crippen molar-refractivity contribution in [3.05, 3.63) is 35.5 Å². The Bertz CT molecular complexity index is 659. The average molecular weight is 320 g/mol. The van der Waals surface area contributed by atoms with Gasteiger partial charge in [0.2, 0.25) is 0 Å². The van der Waals surface area contributed by atoms with Gasteiger partial charge in [-0.15, -0.1) is 11.8 Å². The van der Waals surface area contributed by atoms with E-state index in [1.807, 2.05) is 36.8 Å². The summed E-state index contributed by atoms with van der Waals surface area (Å²) in [6.07, 6.45) is 3.90. The molecule has 5 nitrogen and oxygen atoms in total. The first-order chi connectivity index (χ1) is 10.0. The van der Waals surface area contributed by atoms with Gasteiger partial charge < -0.3 is 11.1 Å². The summed E-state index contributed by atoms with van der Waals surface area (Å²) in [7, 11) is 0. The van der Waals surface area contributed by atoms with Crippen molar-refractivity contribution in [3.8, 4) is 0 Å². The Labute approximate surface area is 132 Å². The molecule has 0 bridgehead atoms. The Hall–Kier alpha value is -1.73. The highest BCUT2D eigenvalue weighted by atomic mass is 32.2. The standard InChI is InChI=1S/C14H16N4OS2/c1-8-11(12(15)19)13(18-14(16-8)21-3)17-9-4-6-10(20-2)7-5-9/h4-7H,1-3H3,(H2,15,19)(H,16,17,18). The summed E-state index contributed by atoms with van der Waals surface area (Å²) in [5.74, 6) is -0.0976. The fraction of sp³-hybridized carbons (Fsp3) is 0.214. The lowest BCUT2D eigenvalue weighted by atomic mass is 10.2. The molecule has 0 radical (unpaired) electrons. The molecule has 1 aromatic carbocycles. The molecule has 1 aromatic heterocycles. The van der Waals surface area contributed by atoms with E-state index in [9.17, 15) is 4.79 Å². The topological polar surface area (TPSA) is 80.9 Å². The number of hydrogen-bond acceptors (Lipinski definition) is 6. The maximum absolute atomic E-state index is 11.6. The van der Waals surface area contributed by atoms with Crippen LogP contribution in [-0.2, 0) is 0 Å². The van der Waals surface area contributed by atoms with Gasteiger partial charge in [-0.25, -0.2) is 9.97 Å². The molecule has 7 heteroatoms. The summed E-state index contributed by atoms with van der Waals surface area (Å²) >= 11 is 3.09. The maximum Gasteiger partial charge on any atom is 0.254 e. The molecule has 0 saturated heterocycles. The number of hydrogen-bond donors (Lipinski definition) is 2. The van der Waals surface area contributed by atoms with Gasteiger partial charge in [0.1, 0.15) is 11.4 Å². The van der Waals surface area contributed by atoms with Crippen molar-refractivity contribution in [2.24, 2.45) is 5.73 Å². The monoisotopic (exact) mass is 320 g/mol. The van der Waals surface area contributed by atoms with E-state index in [1.165, 1.54) is 16.7 Å². The fourth-order valence-corrected chi connectivity index (χ4v) is 2.65. The van der Waals surface area contributed by atoms with Crippen LogP contribution in [0.1, 0.15) is 16.1 Å². The van der Waals surface area contributed by atoms with Gasteiger partial charge in [0, 0.05) is 10.6 Å². The van der Waals surface area contributed by atoms with Crippen LogP contribution in [0.15, 0.2) is 34.3 Å². The number of rotatable bonds is 5. The van der Waals surface area contributed by atoms with Crippen molar-refractivity contribution in [1.82, 2.24) is 9.97 Å². The summed E-state index contributed by atoms with van der Waals surface area (Å²) in [4.78, 5) is 21.4. The Morgan fingerprint density at radius 1 is 1.14 bits per heavy atom. The lowest BCUT2D eigenvalue weighted by Crippen LogP contribution is -2.17. The molecule has 0 aliphatic carbocycles. The molecule has 2 aromatic rings. The van der Waals surface area contributed by atoms with Crippen LogP contribution in [0.4, 0.5) is 11.5 Å². The number of primary amides is 1. The van der Waals surface area contributed by atoms with Crippen LogP contribution in [0.2, 0.25) is 0 Å². The number of nitrogens with zero attached hydrogens (tertiary/aromatic N) is 2. The molecule has 0 aliphatic rings. The van der Waals surface area contributed by atoms with Crippen LogP contribution in [0.3, 0.4) is 0 Å². The summed E-state index contributed by atoms with van der Waals surface area (Å²) in [6.45, 7) is 1.75. The van der Waals surface area contributed by atoms with E-state index in [0.717, 1.165) is 5.69 Å². The number of carbonyl (C=O) groups is 1. The number of thioether (sulfide) groups is 2. The van der Waals surface area contributed by atoms with Crippen LogP contribution >= 0.6 is 23.5 Å². The van der Waals surface area contributed by atoms with Crippen molar-refractivity contribution < 1.29 is 4.79 Å². The van der Waals surface area contributed by atoms with E-state index in [1.54, 1.807) is 18.7 Å². The number of nitrogens with one attached hydrogen (secondary N) is 1. The number of nitrogens with two attached hydrogens (primary N) is 1. The molecule has 0 atom stereocenters. The summed E-state index contributed by atoms with van der Waals surface area (Å²) in [5.41, 5.74) is 7.18. The molecule has 0 aliphatic heterocycles. The van der Waals surface area contributed by atoms with Gasteiger partial charge in [-0.05, 0) is 43.7 Å². The third-order valence-electron chi connectivity index (χ3n) is 2.85. The number of anilines is 2. The van der Waals surface area contributed by atoms with Crippen LogP contribution in [0.25, 0.3) is 0 Å². The van der Waals surface area contributed by atoms with Crippen LogP contribution in [0, 0.1) is 6.92 Å². The molecular formula is C14H16N4OS2. The SMILES string of the molecule is CSc1ccc(Nc2nc(SC)nc(C)c2C(N)=O)cc1. The van der Waals surface area contributed by atoms with Crippen molar-refractivity contribution >= 4 is 40.9 Å². The molecule has 1 amide bonds. The molecule has 21 heavy (non-hydrogen) atoms. The van der Waals surface area contributed by atoms with Gasteiger partial charge in [0.05, 0.1) is 5.69 Å². The van der Waals surface area contributed by atoms with Gasteiger partial charge in [-0.2, -0.15) is 0 Å². The van der Waals surface area contributed by atoms with Crippen molar-refractivity contribution in [2.75, 3.05) is 17.8 Å². The lowest BCUT2D eigenvalue weighted by Gasteiger charge is -2.12. The van der Waals surface area contributed by atoms with Gasteiger partial charge in [0.25, 0.3) is 5.91 Å². The predicted molar refractivity (Wildman–Crippen MR) is 88.6 cm³/mol. The number of carbonyl (C=O) groups excluding carboxylic acids is 1. The second-order valence-corrected chi connectivity index (χ2v) is 5.89. The zero-order chi connectivity index (χ0) is 15.4. The lowest BCUT2D eigenvalue weighted by molar-refractivity contribution is 0.0999. The first kappa shape index (κ1) is 15.7. The number of benzene rings is 1. The van der Waals surface area contributed by atoms with Crippen molar-refractivity contribution in [3.63, 3.8) is 0 Å². The third kappa shape index (κ3) is 3.68. The smallest absolute Gasteiger partial charge is 0.254 e. The third-order valence-corrected chi connectivity index (χ3v) is 4.14. The Morgan fingerprint density at radius 3 is 2.33 bits per heavy atom. The first-order valence-corrected chi connectivity index (χ1v) is 8.63. The quantitative estimate of drug-likeness (QED) is 0.651. The highest BCUT2D eigenvalue weighted by Crippen LogP contribution is 2.25. The molecule has 110 valence electrons. The second-order valence-electron chi connectivity index (χ2n) is 4.24. The highest BCUT2D eigenvalue weighted by Gasteiger charge is 2.16. The molecule has 0 unspecified atom stereocenters. The van der Waals surface area contributed by atoms with Crippen LogP contribution in [0.5, 0.6) is 0 Å². The number of aryl methyl sites for hydroxylation is 1. The largest absolute Gasteiger partial charge is 0.365 e. The van der Waals surface area contributed by atoms with E-state index in [-0.39, 0.29) is 0 Å².